The number of amides is 2. The van der Waals surface area contributed by atoms with Crippen molar-refractivity contribution in [3.63, 3.8) is 0 Å². The summed E-state index contributed by atoms with van der Waals surface area (Å²) in [6.07, 6.45) is 2.50. The highest BCUT2D eigenvalue weighted by atomic mass is 32.1. The second-order valence-electron chi connectivity index (χ2n) is 8.87. The van der Waals surface area contributed by atoms with E-state index in [2.05, 4.69) is 30.2 Å². The summed E-state index contributed by atoms with van der Waals surface area (Å²) >= 11 is 1.75. The van der Waals surface area contributed by atoms with Gasteiger partial charge in [0.05, 0.1) is 6.04 Å². The average molecular weight is 493 g/mol. The van der Waals surface area contributed by atoms with Crippen LogP contribution in [0.5, 0.6) is 0 Å². The Kier molecular flexibility index (Phi) is 7.10. The van der Waals surface area contributed by atoms with E-state index in [-0.39, 0.29) is 24.4 Å². The van der Waals surface area contributed by atoms with Gasteiger partial charge in [0.25, 0.3) is 5.91 Å². The first-order chi connectivity index (χ1) is 17.7. The first-order valence-electron chi connectivity index (χ1n) is 12.1. The molecule has 1 aliphatic rings. The summed E-state index contributed by atoms with van der Waals surface area (Å²) in [4.78, 5) is 31.9. The molecular formula is C31H28N2O2S. The van der Waals surface area contributed by atoms with Gasteiger partial charge in [0, 0.05) is 23.5 Å². The third-order valence-electron chi connectivity index (χ3n) is 6.60. The lowest BCUT2D eigenvalue weighted by Crippen LogP contribution is -2.46. The Morgan fingerprint density at radius 1 is 0.917 bits per heavy atom. The highest BCUT2D eigenvalue weighted by Crippen LogP contribution is 2.37. The second-order valence-corrected chi connectivity index (χ2v) is 9.87. The minimum atomic E-state index is -0.174. The van der Waals surface area contributed by atoms with Crippen molar-refractivity contribution in [3.8, 4) is 11.1 Å². The highest BCUT2D eigenvalue weighted by Gasteiger charge is 2.33. The molecule has 0 saturated heterocycles. The molecule has 3 aromatic carbocycles. The van der Waals surface area contributed by atoms with Gasteiger partial charge in [-0.2, -0.15) is 0 Å². The van der Waals surface area contributed by atoms with E-state index in [1.54, 1.807) is 22.3 Å². The molecule has 5 rings (SSSR count). The molecule has 1 aliphatic heterocycles. The van der Waals surface area contributed by atoms with Gasteiger partial charge in [-0.1, -0.05) is 78.9 Å². The van der Waals surface area contributed by atoms with Gasteiger partial charge in [0.2, 0.25) is 5.91 Å². The van der Waals surface area contributed by atoms with E-state index in [1.807, 2.05) is 77.7 Å². The van der Waals surface area contributed by atoms with E-state index in [0.29, 0.717) is 18.7 Å². The number of hydrogen-bond donors (Lipinski definition) is 0. The van der Waals surface area contributed by atoms with Crippen molar-refractivity contribution in [1.29, 1.82) is 0 Å². The fourth-order valence-corrected chi connectivity index (χ4v) is 5.73. The molecule has 4 nitrogen and oxygen atoms in total. The number of nitrogens with zero attached hydrogens (tertiary/aromatic N) is 2. The van der Waals surface area contributed by atoms with Crippen molar-refractivity contribution in [2.24, 2.45) is 0 Å². The Balaban J connectivity index is 1.37. The summed E-state index contributed by atoms with van der Waals surface area (Å²) in [5.41, 5.74) is 4.97. The molecule has 0 N–H and O–H groups in total. The molecule has 180 valence electrons. The minimum Gasteiger partial charge on any atom is -0.330 e. The molecule has 0 bridgehead atoms. The number of hydrogen-bond acceptors (Lipinski definition) is 3. The molecule has 5 heteroatoms. The van der Waals surface area contributed by atoms with Crippen LogP contribution in [-0.4, -0.2) is 41.2 Å². The quantitative estimate of drug-likeness (QED) is 0.288. The van der Waals surface area contributed by atoms with Crippen molar-refractivity contribution < 1.29 is 9.59 Å². The summed E-state index contributed by atoms with van der Waals surface area (Å²) in [5, 5.41) is 2.10. The van der Waals surface area contributed by atoms with Crippen LogP contribution in [0.2, 0.25) is 0 Å². The van der Waals surface area contributed by atoms with E-state index in [0.717, 1.165) is 23.1 Å². The van der Waals surface area contributed by atoms with Crippen LogP contribution in [0.4, 0.5) is 0 Å². The Bertz CT molecular complexity index is 1350. The Morgan fingerprint density at radius 2 is 1.58 bits per heavy atom. The standard InChI is InChI=1S/C31H28N2O2S/c1-2-19-32(31(35)26-15-13-24(14-16-26)23-9-5-3-6-10-23)22-29(34)33-20-17-28-27(18-21-36-28)30(33)25-11-7-4-8-12-25/h2-16,18,21,30H,1,17,19-20,22H2. The van der Waals surface area contributed by atoms with Gasteiger partial charge in [0.15, 0.2) is 0 Å². The number of carbonyl (C=O) groups excluding carboxylic acids is 2. The maximum absolute atomic E-state index is 13.7. The van der Waals surface area contributed by atoms with E-state index < -0.39 is 0 Å². The summed E-state index contributed by atoms with van der Waals surface area (Å²) in [6, 6.07) is 29.7. The SMILES string of the molecule is C=CCN(CC(=O)N1CCc2sccc2C1c1ccccc1)C(=O)c1ccc(-c2ccccc2)cc1. The first-order valence-corrected chi connectivity index (χ1v) is 13.0. The average Bonchev–Trinajstić information content (AvgIpc) is 3.42. The Labute approximate surface area is 216 Å². The van der Waals surface area contributed by atoms with Gasteiger partial charge in [-0.05, 0) is 52.3 Å². The molecule has 0 fully saturated rings. The van der Waals surface area contributed by atoms with Crippen molar-refractivity contribution in [2.75, 3.05) is 19.6 Å². The zero-order chi connectivity index (χ0) is 24.9. The monoisotopic (exact) mass is 492 g/mol. The maximum Gasteiger partial charge on any atom is 0.254 e. The lowest BCUT2D eigenvalue weighted by Gasteiger charge is -2.37. The van der Waals surface area contributed by atoms with Gasteiger partial charge >= 0.3 is 0 Å². The normalized spacial score (nSPS) is 14.7. The molecule has 36 heavy (non-hydrogen) atoms. The maximum atomic E-state index is 13.7. The zero-order valence-corrected chi connectivity index (χ0v) is 20.9. The van der Waals surface area contributed by atoms with E-state index >= 15 is 0 Å². The van der Waals surface area contributed by atoms with Gasteiger partial charge < -0.3 is 9.80 Å². The number of fused-ring (bicyclic) bond motifs is 1. The summed E-state index contributed by atoms with van der Waals surface area (Å²) in [5.74, 6) is -0.232. The van der Waals surface area contributed by atoms with Gasteiger partial charge in [0.1, 0.15) is 6.54 Å². The molecule has 0 radical (unpaired) electrons. The van der Waals surface area contributed by atoms with Crippen LogP contribution < -0.4 is 0 Å². The lowest BCUT2D eigenvalue weighted by molar-refractivity contribution is -0.133. The first kappa shape index (κ1) is 23.8. The molecule has 0 spiro atoms. The molecule has 0 saturated carbocycles. The molecule has 1 aromatic heterocycles. The van der Waals surface area contributed by atoms with Crippen LogP contribution in [0.15, 0.2) is 109 Å². The van der Waals surface area contributed by atoms with Crippen molar-refractivity contribution in [2.45, 2.75) is 12.5 Å². The summed E-state index contributed by atoms with van der Waals surface area (Å²) < 4.78 is 0. The van der Waals surface area contributed by atoms with E-state index in [1.165, 1.54) is 10.4 Å². The van der Waals surface area contributed by atoms with Crippen LogP contribution >= 0.6 is 11.3 Å². The number of benzene rings is 3. The zero-order valence-electron chi connectivity index (χ0n) is 20.0. The van der Waals surface area contributed by atoms with Crippen LogP contribution in [0.3, 0.4) is 0 Å². The minimum absolute atomic E-state index is 0.00803. The Hall–Kier alpha value is -3.96. The van der Waals surface area contributed by atoms with Crippen molar-refractivity contribution >= 4 is 23.2 Å². The lowest BCUT2D eigenvalue weighted by atomic mass is 9.93. The molecule has 1 atom stereocenters. The largest absolute Gasteiger partial charge is 0.330 e. The molecule has 0 aliphatic carbocycles. The number of rotatable bonds is 7. The van der Waals surface area contributed by atoms with Crippen LogP contribution in [0.1, 0.15) is 32.4 Å². The third kappa shape index (κ3) is 4.88. The van der Waals surface area contributed by atoms with Crippen LogP contribution in [-0.2, 0) is 11.2 Å². The van der Waals surface area contributed by atoms with Crippen molar-refractivity contribution in [1.82, 2.24) is 9.80 Å². The fraction of sp³-hybridized carbons (Fsp3) is 0.161. The second kappa shape index (κ2) is 10.8. The molecular weight excluding hydrogens is 464 g/mol. The van der Waals surface area contributed by atoms with E-state index in [4.69, 9.17) is 0 Å². The highest BCUT2D eigenvalue weighted by molar-refractivity contribution is 7.10. The molecule has 4 aromatic rings. The van der Waals surface area contributed by atoms with Gasteiger partial charge in [-0.25, -0.2) is 0 Å². The Morgan fingerprint density at radius 3 is 2.28 bits per heavy atom. The summed E-state index contributed by atoms with van der Waals surface area (Å²) in [7, 11) is 0. The van der Waals surface area contributed by atoms with Gasteiger partial charge in [-0.15, -0.1) is 17.9 Å². The summed E-state index contributed by atoms with van der Waals surface area (Å²) in [6.45, 7) is 4.76. The number of carbonyl (C=O) groups is 2. The topological polar surface area (TPSA) is 40.6 Å². The third-order valence-corrected chi connectivity index (χ3v) is 7.60. The smallest absolute Gasteiger partial charge is 0.254 e. The predicted octanol–water partition coefficient (Wildman–Crippen LogP) is 6.22. The molecule has 2 amide bonds. The van der Waals surface area contributed by atoms with Crippen molar-refractivity contribution in [3.05, 3.63) is 131 Å². The van der Waals surface area contributed by atoms with Crippen LogP contribution in [0.25, 0.3) is 11.1 Å². The van der Waals surface area contributed by atoms with Gasteiger partial charge in [-0.3, -0.25) is 9.59 Å². The fourth-order valence-electron chi connectivity index (χ4n) is 4.83. The van der Waals surface area contributed by atoms with E-state index in [9.17, 15) is 9.59 Å². The number of thiophene rings is 1. The van der Waals surface area contributed by atoms with Crippen LogP contribution in [0, 0.1) is 0 Å². The molecule has 1 unspecified atom stereocenters. The molecule has 2 heterocycles. The predicted molar refractivity (Wildman–Crippen MR) is 146 cm³/mol.